The largest absolute Gasteiger partial charge is 0.481 e. The van der Waals surface area contributed by atoms with Gasteiger partial charge in [0, 0.05) is 11.0 Å². The van der Waals surface area contributed by atoms with Crippen molar-refractivity contribution in [3.05, 3.63) is 28.5 Å². The van der Waals surface area contributed by atoms with Gasteiger partial charge in [-0.2, -0.15) is 0 Å². The molecule has 112 valence electrons. The van der Waals surface area contributed by atoms with Gasteiger partial charge in [-0.3, -0.25) is 4.79 Å². The molecule has 0 heterocycles. The number of hydrogen-bond acceptors (Lipinski definition) is 3. The Morgan fingerprint density at radius 2 is 2.10 bits per heavy atom. The number of halogens is 2. The van der Waals surface area contributed by atoms with Crippen LogP contribution in [0.2, 0.25) is 0 Å². The quantitative estimate of drug-likeness (QED) is 0.797. The predicted octanol–water partition coefficient (Wildman–Crippen LogP) is 2.63. The fourth-order valence-corrected chi connectivity index (χ4v) is 1.88. The van der Waals surface area contributed by atoms with E-state index >= 15 is 0 Å². The molecule has 0 aliphatic carbocycles. The number of benzene rings is 1. The van der Waals surface area contributed by atoms with E-state index in [9.17, 15) is 14.3 Å². The van der Waals surface area contributed by atoms with Crippen LogP contribution in [0.3, 0.4) is 0 Å². The first-order valence-electron chi connectivity index (χ1n) is 6.47. The summed E-state index contributed by atoms with van der Waals surface area (Å²) >= 11 is 3.14. The molecule has 0 aromatic heterocycles. The number of nitrogens with one attached hydrogen (secondary N) is 1. The lowest BCUT2D eigenvalue weighted by atomic mass is 9.98. The number of ether oxygens (including phenoxy) is 1. The molecule has 1 aromatic rings. The third-order valence-electron chi connectivity index (χ3n) is 3.18. The van der Waals surface area contributed by atoms with Crippen molar-refractivity contribution in [3.63, 3.8) is 0 Å². The van der Waals surface area contributed by atoms with Gasteiger partial charge >= 0.3 is 0 Å². The predicted molar refractivity (Wildman–Crippen MR) is 78.1 cm³/mol. The number of carbonyl (C=O) groups excluding carboxylic acids is 1. The van der Waals surface area contributed by atoms with Crippen LogP contribution in [-0.4, -0.2) is 29.8 Å². The zero-order chi connectivity index (χ0) is 15.2. The monoisotopic (exact) mass is 347 g/mol. The third-order valence-corrected chi connectivity index (χ3v) is 3.68. The molecule has 0 fully saturated rings. The van der Waals surface area contributed by atoms with E-state index in [1.165, 1.54) is 12.1 Å². The Balaban J connectivity index is 2.44. The van der Waals surface area contributed by atoms with Crippen LogP contribution in [0.5, 0.6) is 5.75 Å². The molecule has 0 bridgehead atoms. The maximum atomic E-state index is 13.5. The molecule has 1 amide bonds. The number of amides is 1. The molecule has 0 saturated carbocycles. The first-order valence-corrected chi connectivity index (χ1v) is 7.26. The Bertz CT molecular complexity index is 464. The van der Waals surface area contributed by atoms with Crippen molar-refractivity contribution in [2.24, 2.45) is 0 Å². The lowest BCUT2D eigenvalue weighted by Gasteiger charge is -2.25. The van der Waals surface area contributed by atoms with E-state index in [4.69, 9.17) is 4.74 Å². The Morgan fingerprint density at radius 1 is 1.45 bits per heavy atom. The molecule has 0 aliphatic heterocycles. The van der Waals surface area contributed by atoms with Crippen LogP contribution in [-0.2, 0) is 4.79 Å². The van der Waals surface area contributed by atoms with Gasteiger partial charge in [0.15, 0.2) is 18.2 Å². The zero-order valence-corrected chi connectivity index (χ0v) is 13.2. The van der Waals surface area contributed by atoms with Crippen molar-refractivity contribution in [2.45, 2.75) is 32.3 Å². The molecule has 0 saturated heterocycles. The highest BCUT2D eigenvalue weighted by Gasteiger charge is 2.22. The number of aliphatic hydroxyl groups is 1. The maximum absolute atomic E-state index is 13.5. The molecule has 1 rings (SSSR count). The van der Waals surface area contributed by atoms with Crippen molar-refractivity contribution in [2.75, 3.05) is 13.2 Å². The average Bonchev–Trinajstić information content (AvgIpc) is 2.44. The topological polar surface area (TPSA) is 58.6 Å². The van der Waals surface area contributed by atoms with Crippen LogP contribution in [0.4, 0.5) is 4.39 Å². The molecule has 0 atom stereocenters. The second-order valence-electron chi connectivity index (χ2n) is 4.57. The van der Waals surface area contributed by atoms with Crippen molar-refractivity contribution in [3.8, 4) is 5.75 Å². The summed E-state index contributed by atoms with van der Waals surface area (Å²) in [6.45, 7) is 3.57. The SMILES string of the molecule is CCC(O)(CC)CNC(=O)COc1ccc(Br)cc1F. The summed E-state index contributed by atoms with van der Waals surface area (Å²) in [6.07, 6.45) is 1.10. The summed E-state index contributed by atoms with van der Waals surface area (Å²) in [5.41, 5.74) is -0.904. The molecule has 0 spiro atoms. The minimum absolute atomic E-state index is 0.0181. The number of carbonyl (C=O) groups is 1. The summed E-state index contributed by atoms with van der Waals surface area (Å²) < 4.78 is 19.2. The van der Waals surface area contributed by atoms with Crippen LogP contribution in [0.25, 0.3) is 0 Å². The van der Waals surface area contributed by atoms with E-state index in [1.807, 2.05) is 13.8 Å². The van der Waals surface area contributed by atoms with E-state index in [2.05, 4.69) is 21.2 Å². The van der Waals surface area contributed by atoms with E-state index in [1.54, 1.807) is 6.07 Å². The smallest absolute Gasteiger partial charge is 0.258 e. The number of hydrogen-bond donors (Lipinski definition) is 2. The van der Waals surface area contributed by atoms with Gasteiger partial charge in [0.05, 0.1) is 5.60 Å². The van der Waals surface area contributed by atoms with E-state index < -0.39 is 17.3 Å². The van der Waals surface area contributed by atoms with Crippen molar-refractivity contribution in [1.29, 1.82) is 0 Å². The minimum atomic E-state index is -0.904. The summed E-state index contributed by atoms with van der Waals surface area (Å²) in [4.78, 5) is 11.6. The average molecular weight is 348 g/mol. The summed E-state index contributed by atoms with van der Waals surface area (Å²) in [5.74, 6) is -0.914. The lowest BCUT2D eigenvalue weighted by molar-refractivity contribution is -0.124. The number of rotatable bonds is 7. The third kappa shape index (κ3) is 5.09. The highest BCUT2D eigenvalue weighted by atomic mass is 79.9. The Kier molecular flexibility index (Phi) is 6.42. The van der Waals surface area contributed by atoms with Gasteiger partial charge < -0.3 is 15.2 Å². The minimum Gasteiger partial charge on any atom is -0.481 e. The van der Waals surface area contributed by atoms with Gasteiger partial charge in [-0.1, -0.05) is 29.8 Å². The van der Waals surface area contributed by atoms with Gasteiger partial charge in [-0.05, 0) is 31.0 Å². The maximum Gasteiger partial charge on any atom is 0.258 e. The molecule has 4 nitrogen and oxygen atoms in total. The van der Waals surface area contributed by atoms with E-state index in [-0.39, 0.29) is 18.9 Å². The fraction of sp³-hybridized carbons (Fsp3) is 0.500. The standard InChI is InChI=1S/C14H19BrFNO3/c1-3-14(19,4-2)9-17-13(18)8-20-12-6-5-10(15)7-11(12)16/h5-7,19H,3-4,8-9H2,1-2H3,(H,17,18). The normalized spacial score (nSPS) is 11.2. The molecular weight excluding hydrogens is 329 g/mol. The van der Waals surface area contributed by atoms with Crippen molar-refractivity contribution < 1.29 is 19.0 Å². The summed E-state index contributed by atoms with van der Waals surface area (Å²) in [7, 11) is 0. The second kappa shape index (κ2) is 7.59. The van der Waals surface area contributed by atoms with Gasteiger partial charge in [0.25, 0.3) is 5.91 Å². The van der Waals surface area contributed by atoms with E-state index in [0.717, 1.165) is 0 Å². The van der Waals surface area contributed by atoms with Crippen LogP contribution < -0.4 is 10.1 Å². The van der Waals surface area contributed by atoms with Gasteiger partial charge in [0.1, 0.15) is 0 Å². The molecule has 2 N–H and O–H groups in total. The first kappa shape index (κ1) is 16.9. The molecule has 20 heavy (non-hydrogen) atoms. The lowest BCUT2D eigenvalue weighted by Crippen LogP contribution is -2.43. The molecule has 1 aromatic carbocycles. The van der Waals surface area contributed by atoms with E-state index in [0.29, 0.717) is 17.3 Å². The zero-order valence-electron chi connectivity index (χ0n) is 11.6. The first-order chi connectivity index (χ1) is 9.40. The molecular formula is C14H19BrFNO3. The Morgan fingerprint density at radius 3 is 2.65 bits per heavy atom. The molecule has 0 unspecified atom stereocenters. The molecule has 6 heteroatoms. The van der Waals surface area contributed by atoms with Gasteiger partial charge in [0.2, 0.25) is 0 Å². The fourth-order valence-electron chi connectivity index (χ4n) is 1.55. The van der Waals surface area contributed by atoms with Crippen molar-refractivity contribution >= 4 is 21.8 Å². The van der Waals surface area contributed by atoms with Crippen LogP contribution in [0, 0.1) is 5.82 Å². The van der Waals surface area contributed by atoms with Crippen LogP contribution in [0.1, 0.15) is 26.7 Å². The molecule has 0 radical (unpaired) electrons. The Hall–Kier alpha value is -1.14. The Labute approximate surface area is 126 Å². The summed E-state index contributed by atoms with van der Waals surface area (Å²) in [6, 6.07) is 4.34. The summed E-state index contributed by atoms with van der Waals surface area (Å²) in [5, 5.41) is 12.6. The van der Waals surface area contributed by atoms with Crippen molar-refractivity contribution in [1.82, 2.24) is 5.32 Å². The highest BCUT2D eigenvalue weighted by molar-refractivity contribution is 9.10. The van der Waals surface area contributed by atoms with Crippen LogP contribution >= 0.6 is 15.9 Å². The molecule has 0 aliphatic rings. The van der Waals surface area contributed by atoms with Crippen LogP contribution in [0.15, 0.2) is 22.7 Å². The second-order valence-corrected chi connectivity index (χ2v) is 5.49. The van der Waals surface area contributed by atoms with Gasteiger partial charge in [-0.25, -0.2) is 4.39 Å². The van der Waals surface area contributed by atoms with Gasteiger partial charge in [-0.15, -0.1) is 0 Å². The highest BCUT2D eigenvalue weighted by Crippen LogP contribution is 2.21.